The highest BCUT2D eigenvalue weighted by molar-refractivity contribution is 5.93. The molecule has 0 N–H and O–H groups in total. The molecule has 42 heavy (non-hydrogen) atoms. The van der Waals surface area contributed by atoms with E-state index < -0.39 is 23.0 Å². The molecule has 1 heterocycles. The summed E-state index contributed by atoms with van der Waals surface area (Å²) in [6.45, 7) is 8.05. The van der Waals surface area contributed by atoms with E-state index in [4.69, 9.17) is 9.47 Å². The Balaban J connectivity index is 1.47. The summed E-state index contributed by atoms with van der Waals surface area (Å²) in [5.74, 6) is 5.70. The Morgan fingerprint density at radius 1 is 1.17 bits per heavy atom. The van der Waals surface area contributed by atoms with E-state index in [0.717, 1.165) is 36.3 Å². The number of halogens is 1. The first-order valence-electron chi connectivity index (χ1n) is 15.3. The van der Waals surface area contributed by atoms with Crippen LogP contribution < -0.4 is 4.90 Å². The molecule has 0 spiro atoms. The van der Waals surface area contributed by atoms with Gasteiger partial charge >= 0.3 is 5.97 Å². The Labute approximate surface area is 247 Å². The van der Waals surface area contributed by atoms with Crippen LogP contribution in [-0.2, 0) is 23.9 Å². The third kappa shape index (κ3) is 4.63. The van der Waals surface area contributed by atoms with Crippen LogP contribution in [0.2, 0.25) is 0 Å². The molecule has 2 saturated carbocycles. The maximum absolute atomic E-state index is 15.9. The summed E-state index contributed by atoms with van der Waals surface area (Å²) in [4.78, 5) is 40.3. The minimum absolute atomic E-state index is 0.00307. The molecule has 5 aliphatic rings. The van der Waals surface area contributed by atoms with Gasteiger partial charge in [-0.2, -0.15) is 0 Å². The predicted octanol–water partition coefficient (Wildman–Crippen LogP) is 5.51. The largest absolute Gasteiger partial charge is 0.458 e. The number of carbonyl (C=O) groups excluding carboxylic acids is 3. The molecule has 0 bridgehead atoms. The van der Waals surface area contributed by atoms with Crippen LogP contribution in [0.15, 0.2) is 47.1 Å². The fourth-order valence-corrected chi connectivity index (χ4v) is 8.94. The number of nitrogens with zero attached hydrogens (tertiary/aromatic N) is 1. The highest BCUT2D eigenvalue weighted by atomic mass is 19.1. The topological polar surface area (TPSA) is 72.9 Å². The fourth-order valence-electron chi connectivity index (χ4n) is 8.94. The van der Waals surface area contributed by atoms with Crippen molar-refractivity contribution in [3.63, 3.8) is 0 Å². The lowest BCUT2D eigenvalue weighted by molar-refractivity contribution is -0.150. The van der Waals surface area contributed by atoms with Crippen molar-refractivity contribution in [3.05, 3.63) is 52.6 Å². The van der Waals surface area contributed by atoms with Gasteiger partial charge in [0.1, 0.15) is 6.17 Å². The van der Waals surface area contributed by atoms with Gasteiger partial charge in [-0.1, -0.05) is 30.6 Å². The van der Waals surface area contributed by atoms with Crippen molar-refractivity contribution in [2.24, 2.45) is 22.7 Å². The average molecular weight is 574 g/mol. The number of carbonyl (C=O) groups is 3. The third-order valence-corrected chi connectivity index (χ3v) is 10.8. The molecule has 1 saturated heterocycles. The standard InChI is InChI=1S/C35H40FNO5/c1-4-12-35(32(40)21-42-22(2)38)13-11-30-28-19-31(36)27-18-25(39)9-10-26(27)33(28)29(20-34(30,35)3)23-5-7-24(8-6-23)37-14-16-41-17-15-37/h5-8,18,28-31H,9-11,13-17,19-21H2,1-3H3/t28-,29?,30-,31?,34-,35+/m0/s1. The first-order chi connectivity index (χ1) is 20.2. The second-order valence-corrected chi connectivity index (χ2v) is 12.8. The van der Waals surface area contributed by atoms with Crippen LogP contribution in [0, 0.1) is 34.5 Å². The van der Waals surface area contributed by atoms with E-state index >= 15 is 4.39 Å². The number of esters is 1. The molecular formula is C35H40FNO5. The maximum atomic E-state index is 15.9. The average Bonchev–Trinajstić information content (AvgIpc) is 3.29. The van der Waals surface area contributed by atoms with E-state index in [1.165, 1.54) is 12.5 Å². The Morgan fingerprint density at radius 2 is 1.90 bits per heavy atom. The van der Waals surface area contributed by atoms with Crippen LogP contribution in [0.5, 0.6) is 0 Å². The Hall–Kier alpha value is -3.24. The Kier molecular flexibility index (Phi) is 7.64. The number of benzene rings is 1. The summed E-state index contributed by atoms with van der Waals surface area (Å²) < 4.78 is 26.7. The first-order valence-corrected chi connectivity index (χ1v) is 15.3. The number of ketones is 2. The van der Waals surface area contributed by atoms with Gasteiger partial charge in [-0.25, -0.2) is 4.39 Å². The fraction of sp³-hybridized carbons (Fsp3) is 0.571. The van der Waals surface area contributed by atoms with Crippen molar-refractivity contribution < 1.29 is 28.2 Å². The number of hydrogen-bond donors (Lipinski definition) is 0. The van der Waals surface area contributed by atoms with Crippen molar-refractivity contribution in [1.29, 1.82) is 0 Å². The van der Waals surface area contributed by atoms with E-state index in [-0.39, 0.29) is 35.9 Å². The van der Waals surface area contributed by atoms with Crippen LogP contribution >= 0.6 is 0 Å². The van der Waals surface area contributed by atoms with Crippen LogP contribution in [0.1, 0.15) is 70.8 Å². The van der Waals surface area contributed by atoms with E-state index in [1.54, 1.807) is 13.0 Å². The van der Waals surface area contributed by atoms with Gasteiger partial charge in [-0.3, -0.25) is 14.4 Å². The van der Waals surface area contributed by atoms with Crippen molar-refractivity contribution in [2.75, 3.05) is 37.8 Å². The first kappa shape index (κ1) is 28.9. The number of Topliss-reactive ketones (excluding diaryl/α,β-unsaturated/α-hetero) is 1. The van der Waals surface area contributed by atoms with Gasteiger partial charge in [0.25, 0.3) is 0 Å². The zero-order chi connectivity index (χ0) is 29.6. The molecule has 4 aliphatic carbocycles. The summed E-state index contributed by atoms with van der Waals surface area (Å²) >= 11 is 0. The molecule has 222 valence electrons. The molecule has 7 heteroatoms. The second-order valence-electron chi connectivity index (χ2n) is 12.8. The molecule has 2 unspecified atom stereocenters. The molecule has 1 aromatic rings. The second kappa shape index (κ2) is 11.1. The van der Waals surface area contributed by atoms with E-state index in [9.17, 15) is 14.4 Å². The van der Waals surface area contributed by atoms with Crippen molar-refractivity contribution in [1.82, 2.24) is 0 Å². The van der Waals surface area contributed by atoms with Crippen LogP contribution in [0.25, 0.3) is 0 Å². The lowest BCUT2D eigenvalue weighted by Gasteiger charge is -2.55. The smallest absolute Gasteiger partial charge is 0.303 e. The van der Waals surface area contributed by atoms with E-state index in [2.05, 4.69) is 47.9 Å². The molecule has 6 atom stereocenters. The summed E-state index contributed by atoms with van der Waals surface area (Å²) in [5.41, 5.74) is 3.63. The molecule has 1 aromatic carbocycles. The molecule has 0 amide bonds. The van der Waals surface area contributed by atoms with Gasteiger partial charge in [0.05, 0.1) is 18.6 Å². The zero-order valence-electron chi connectivity index (χ0n) is 24.8. The SMILES string of the molecule is CC#C[C@]1(C(=O)COC(C)=O)CC[C@H]2[C@@H]3CC(F)C4=CC(=O)CCC4=C3C(c3ccc(N4CCOCC4)cc3)C[C@@]21C. The molecule has 6 nitrogen and oxygen atoms in total. The molecule has 0 aromatic heterocycles. The quantitative estimate of drug-likeness (QED) is 0.342. The number of allylic oxidation sites excluding steroid dienone is 4. The lowest BCUT2D eigenvalue weighted by Crippen LogP contribution is -2.52. The minimum Gasteiger partial charge on any atom is -0.458 e. The minimum atomic E-state index is -1.20. The van der Waals surface area contributed by atoms with E-state index in [1.807, 2.05) is 0 Å². The predicted molar refractivity (Wildman–Crippen MR) is 158 cm³/mol. The van der Waals surface area contributed by atoms with Gasteiger partial charge in [0, 0.05) is 38.0 Å². The monoisotopic (exact) mass is 573 g/mol. The number of fused-ring (bicyclic) bond motifs is 4. The van der Waals surface area contributed by atoms with Gasteiger partial charge in [0.2, 0.25) is 0 Å². The highest BCUT2D eigenvalue weighted by Crippen LogP contribution is 2.69. The number of morpholine rings is 1. The summed E-state index contributed by atoms with van der Waals surface area (Å²) in [5, 5.41) is 0. The van der Waals surface area contributed by atoms with Crippen LogP contribution in [-0.4, -0.2) is 56.6 Å². The third-order valence-electron chi connectivity index (χ3n) is 10.8. The Morgan fingerprint density at radius 3 is 2.60 bits per heavy atom. The number of alkyl halides is 1. The summed E-state index contributed by atoms with van der Waals surface area (Å²) in [6.07, 6.45) is 3.63. The van der Waals surface area contributed by atoms with Gasteiger partial charge < -0.3 is 14.4 Å². The highest BCUT2D eigenvalue weighted by Gasteiger charge is 2.66. The number of hydrogen-bond acceptors (Lipinski definition) is 6. The molecular weight excluding hydrogens is 533 g/mol. The number of rotatable bonds is 5. The van der Waals surface area contributed by atoms with Crippen LogP contribution in [0.3, 0.4) is 0 Å². The molecule has 3 fully saturated rings. The lowest BCUT2D eigenvalue weighted by atomic mass is 9.48. The molecule has 1 aliphatic heterocycles. The van der Waals surface area contributed by atoms with E-state index in [0.29, 0.717) is 50.9 Å². The zero-order valence-corrected chi connectivity index (χ0v) is 24.8. The number of anilines is 1. The Bertz CT molecular complexity index is 1410. The summed E-state index contributed by atoms with van der Waals surface area (Å²) in [6, 6.07) is 8.70. The normalized spacial score (nSPS) is 34.0. The number of ether oxygens (including phenoxy) is 2. The molecule has 0 radical (unpaired) electrons. The van der Waals surface area contributed by atoms with Crippen molar-refractivity contribution in [3.8, 4) is 11.8 Å². The van der Waals surface area contributed by atoms with Gasteiger partial charge in [-0.05, 0) is 91.2 Å². The molecule has 6 rings (SSSR count). The van der Waals surface area contributed by atoms with Crippen molar-refractivity contribution in [2.45, 2.75) is 71.4 Å². The van der Waals surface area contributed by atoms with Gasteiger partial charge in [-0.15, -0.1) is 5.92 Å². The summed E-state index contributed by atoms with van der Waals surface area (Å²) in [7, 11) is 0. The van der Waals surface area contributed by atoms with Gasteiger partial charge in [0.15, 0.2) is 18.2 Å². The van der Waals surface area contributed by atoms with Crippen LogP contribution in [0.4, 0.5) is 10.1 Å². The van der Waals surface area contributed by atoms with Crippen molar-refractivity contribution >= 4 is 23.2 Å². The maximum Gasteiger partial charge on any atom is 0.303 e.